The Bertz CT molecular complexity index is 1020. The maximum atomic E-state index is 12.5. The number of hydrogen-bond donors (Lipinski definition) is 1. The SMILES string of the molecule is O=C(Cn1cnc2ccccc2c1=O)NCc1ccnc(N2CCCC2)c1. The molecule has 7 nitrogen and oxygen atoms in total. The Morgan fingerprint density at radius 1 is 1.11 bits per heavy atom. The summed E-state index contributed by atoms with van der Waals surface area (Å²) in [7, 11) is 0. The predicted octanol–water partition coefficient (Wildman–Crippen LogP) is 1.71. The van der Waals surface area contributed by atoms with Crippen molar-refractivity contribution in [2.75, 3.05) is 18.0 Å². The topological polar surface area (TPSA) is 80.1 Å². The lowest BCUT2D eigenvalue weighted by molar-refractivity contribution is -0.121. The van der Waals surface area contributed by atoms with Crippen LogP contribution in [-0.4, -0.2) is 33.5 Å². The second-order valence-corrected chi connectivity index (χ2v) is 6.69. The van der Waals surface area contributed by atoms with Crippen LogP contribution in [0.4, 0.5) is 5.82 Å². The van der Waals surface area contributed by atoms with E-state index < -0.39 is 0 Å². The Hall–Kier alpha value is -3.22. The van der Waals surface area contributed by atoms with Crippen molar-refractivity contribution in [3.05, 3.63) is 64.8 Å². The number of hydrogen-bond acceptors (Lipinski definition) is 5. The third-order valence-electron chi connectivity index (χ3n) is 4.78. The minimum atomic E-state index is -0.228. The number of amides is 1. The molecule has 1 aliphatic rings. The Balaban J connectivity index is 1.41. The van der Waals surface area contributed by atoms with Crippen molar-refractivity contribution in [3.63, 3.8) is 0 Å². The third-order valence-corrected chi connectivity index (χ3v) is 4.78. The number of pyridine rings is 1. The van der Waals surface area contributed by atoms with Crippen molar-refractivity contribution in [2.24, 2.45) is 0 Å². The van der Waals surface area contributed by atoms with Crippen LogP contribution in [0.1, 0.15) is 18.4 Å². The Morgan fingerprint density at radius 2 is 1.93 bits per heavy atom. The van der Waals surface area contributed by atoms with Gasteiger partial charge in [-0.05, 0) is 42.7 Å². The molecule has 1 fully saturated rings. The number of rotatable bonds is 5. The number of para-hydroxylation sites is 1. The van der Waals surface area contributed by atoms with Gasteiger partial charge in [-0.1, -0.05) is 12.1 Å². The van der Waals surface area contributed by atoms with E-state index in [2.05, 4.69) is 20.2 Å². The summed E-state index contributed by atoms with van der Waals surface area (Å²) in [6.45, 7) is 2.40. The number of carbonyl (C=O) groups excluding carboxylic acids is 1. The van der Waals surface area contributed by atoms with E-state index in [1.807, 2.05) is 18.2 Å². The second kappa shape index (κ2) is 7.57. The molecule has 0 spiro atoms. The summed E-state index contributed by atoms with van der Waals surface area (Å²) in [5, 5.41) is 3.38. The largest absolute Gasteiger partial charge is 0.357 e. The van der Waals surface area contributed by atoms with Crippen molar-refractivity contribution in [1.82, 2.24) is 19.9 Å². The van der Waals surface area contributed by atoms with E-state index in [0.29, 0.717) is 17.4 Å². The van der Waals surface area contributed by atoms with Gasteiger partial charge in [-0.3, -0.25) is 14.2 Å². The monoisotopic (exact) mass is 363 g/mol. The first-order valence-electron chi connectivity index (χ1n) is 9.11. The van der Waals surface area contributed by atoms with Gasteiger partial charge >= 0.3 is 0 Å². The Labute approximate surface area is 156 Å². The van der Waals surface area contributed by atoms with Gasteiger partial charge in [0, 0.05) is 25.8 Å². The number of carbonyl (C=O) groups is 1. The number of nitrogens with one attached hydrogen (secondary N) is 1. The first-order chi connectivity index (χ1) is 13.2. The van der Waals surface area contributed by atoms with Crippen LogP contribution < -0.4 is 15.8 Å². The van der Waals surface area contributed by atoms with Crippen LogP contribution in [0.15, 0.2) is 53.7 Å². The fraction of sp³-hybridized carbons (Fsp3) is 0.300. The summed E-state index contributed by atoms with van der Waals surface area (Å²) in [4.78, 5) is 35.7. The van der Waals surface area contributed by atoms with Crippen LogP contribution in [0, 0.1) is 0 Å². The fourth-order valence-corrected chi connectivity index (χ4v) is 3.32. The van der Waals surface area contributed by atoms with Gasteiger partial charge in [0.25, 0.3) is 5.56 Å². The van der Waals surface area contributed by atoms with E-state index >= 15 is 0 Å². The molecule has 0 atom stereocenters. The Kier molecular flexibility index (Phi) is 4.82. The molecule has 2 aromatic heterocycles. The first-order valence-corrected chi connectivity index (χ1v) is 9.11. The average Bonchev–Trinajstić information content (AvgIpc) is 3.24. The molecule has 3 heterocycles. The highest BCUT2D eigenvalue weighted by molar-refractivity contribution is 5.78. The quantitative estimate of drug-likeness (QED) is 0.746. The summed E-state index contributed by atoms with van der Waals surface area (Å²) in [5.41, 5.74) is 1.41. The molecule has 1 saturated heterocycles. The van der Waals surface area contributed by atoms with Crippen LogP contribution >= 0.6 is 0 Å². The molecular formula is C20H21N5O2. The lowest BCUT2D eigenvalue weighted by Crippen LogP contribution is -2.32. The number of fused-ring (bicyclic) bond motifs is 1. The van der Waals surface area contributed by atoms with Gasteiger partial charge in [0.2, 0.25) is 5.91 Å². The van der Waals surface area contributed by atoms with Gasteiger partial charge in [-0.15, -0.1) is 0 Å². The predicted molar refractivity (Wildman–Crippen MR) is 104 cm³/mol. The third kappa shape index (κ3) is 3.81. The summed E-state index contributed by atoms with van der Waals surface area (Å²) in [6, 6.07) is 11.0. The Morgan fingerprint density at radius 3 is 2.78 bits per heavy atom. The molecule has 4 rings (SSSR count). The molecule has 27 heavy (non-hydrogen) atoms. The van der Waals surface area contributed by atoms with Crippen LogP contribution in [-0.2, 0) is 17.9 Å². The molecule has 0 bridgehead atoms. The number of nitrogens with zero attached hydrogens (tertiary/aromatic N) is 4. The summed E-state index contributed by atoms with van der Waals surface area (Å²) < 4.78 is 1.33. The molecule has 7 heteroatoms. The maximum Gasteiger partial charge on any atom is 0.261 e. The van der Waals surface area contributed by atoms with Crippen LogP contribution in [0.5, 0.6) is 0 Å². The highest BCUT2D eigenvalue weighted by atomic mass is 16.2. The lowest BCUT2D eigenvalue weighted by atomic mass is 10.2. The molecule has 0 aliphatic carbocycles. The highest BCUT2D eigenvalue weighted by Gasteiger charge is 2.14. The van der Waals surface area contributed by atoms with E-state index in [1.54, 1.807) is 24.4 Å². The van der Waals surface area contributed by atoms with E-state index in [4.69, 9.17) is 0 Å². The van der Waals surface area contributed by atoms with Crippen molar-refractivity contribution in [2.45, 2.75) is 25.9 Å². The van der Waals surface area contributed by atoms with E-state index in [1.165, 1.54) is 23.7 Å². The molecule has 138 valence electrons. The zero-order chi connectivity index (χ0) is 18.6. The molecule has 1 aromatic carbocycles. The standard InChI is InChI=1S/C20H21N5O2/c26-19(13-25-14-23-17-6-2-1-5-16(17)20(25)27)22-12-15-7-8-21-18(11-15)24-9-3-4-10-24/h1-2,5-8,11,14H,3-4,9-10,12-13H2,(H,22,26). The normalized spacial score (nSPS) is 13.9. The van der Waals surface area contributed by atoms with Gasteiger partial charge in [-0.2, -0.15) is 0 Å². The zero-order valence-corrected chi connectivity index (χ0v) is 15.0. The maximum absolute atomic E-state index is 12.5. The number of anilines is 1. The first kappa shape index (κ1) is 17.2. The molecule has 1 amide bonds. The molecule has 0 radical (unpaired) electrons. The van der Waals surface area contributed by atoms with Gasteiger partial charge in [-0.25, -0.2) is 9.97 Å². The van der Waals surface area contributed by atoms with E-state index in [0.717, 1.165) is 24.5 Å². The van der Waals surface area contributed by atoms with Crippen molar-refractivity contribution >= 4 is 22.6 Å². The smallest absolute Gasteiger partial charge is 0.261 e. The molecular weight excluding hydrogens is 342 g/mol. The zero-order valence-electron chi connectivity index (χ0n) is 15.0. The molecule has 0 saturated carbocycles. The summed E-state index contributed by atoms with van der Waals surface area (Å²) in [5.74, 6) is 0.725. The van der Waals surface area contributed by atoms with Crippen molar-refractivity contribution in [1.29, 1.82) is 0 Å². The molecule has 1 aliphatic heterocycles. The second-order valence-electron chi connectivity index (χ2n) is 6.69. The van der Waals surface area contributed by atoms with Gasteiger partial charge < -0.3 is 10.2 Å². The number of benzene rings is 1. The minimum Gasteiger partial charge on any atom is -0.357 e. The molecule has 1 N–H and O–H groups in total. The fourth-order valence-electron chi connectivity index (χ4n) is 3.32. The lowest BCUT2D eigenvalue weighted by Gasteiger charge is -2.17. The average molecular weight is 363 g/mol. The minimum absolute atomic E-state index is 0.0548. The van der Waals surface area contributed by atoms with Crippen molar-refractivity contribution < 1.29 is 4.79 Å². The van der Waals surface area contributed by atoms with Gasteiger partial charge in [0.1, 0.15) is 12.4 Å². The molecule has 3 aromatic rings. The van der Waals surface area contributed by atoms with Crippen LogP contribution in [0.25, 0.3) is 10.9 Å². The van der Waals surface area contributed by atoms with Crippen molar-refractivity contribution in [3.8, 4) is 0 Å². The van der Waals surface area contributed by atoms with E-state index in [9.17, 15) is 9.59 Å². The highest BCUT2D eigenvalue weighted by Crippen LogP contribution is 2.18. The van der Waals surface area contributed by atoms with Gasteiger partial charge in [0.15, 0.2) is 0 Å². The summed E-state index contributed by atoms with van der Waals surface area (Å²) >= 11 is 0. The van der Waals surface area contributed by atoms with Gasteiger partial charge in [0.05, 0.1) is 17.2 Å². The van der Waals surface area contributed by atoms with Crippen LogP contribution in [0.3, 0.4) is 0 Å². The van der Waals surface area contributed by atoms with Crippen LogP contribution in [0.2, 0.25) is 0 Å². The molecule has 0 unspecified atom stereocenters. The number of aromatic nitrogens is 3. The van der Waals surface area contributed by atoms with E-state index in [-0.39, 0.29) is 18.0 Å². The summed E-state index contributed by atoms with van der Waals surface area (Å²) in [6.07, 6.45) is 5.57.